The van der Waals surface area contributed by atoms with Crippen LogP contribution in [-0.4, -0.2) is 26.4 Å². The van der Waals surface area contributed by atoms with Gasteiger partial charge in [0.2, 0.25) is 0 Å². The Morgan fingerprint density at radius 2 is 1.55 bits per heavy atom. The summed E-state index contributed by atoms with van der Waals surface area (Å²) in [5.74, 6) is 2.59. The monoisotopic (exact) mass is 340 g/mol. The van der Waals surface area contributed by atoms with Gasteiger partial charge in [0.25, 0.3) is 0 Å². The molecule has 22 heavy (non-hydrogen) atoms. The second-order valence-corrected chi connectivity index (χ2v) is 5.37. The number of rotatable bonds is 5. The predicted molar refractivity (Wildman–Crippen MR) is 84.9 cm³/mol. The summed E-state index contributed by atoms with van der Waals surface area (Å²) in [6, 6.07) is 10.7. The van der Waals surface area contributed by atoms with Gasteiger partial charge in [-0.25, -0.2) is 0 Å². The van der Waals surface area contributed by atoms with Crippen molar-refractivity contribution in [2.24, 2.45) is 0 Å². The average molecular weight is 341 g/mol. The molecule has 0 saturated heterocycles. The van der Waals surface area contributed by atoms with Crippen molar-refractivity contribution in [3.63, 3.8) is 0 Å². The van der Waals surface area contributed by atoms with Gasteiger partial charge < -0.3 is 18.9 Å². The zero-order valence-electron chi connectivity index (χ0n) is 11.7. The molecule has 0 saturated carbocycles. The second-order valence-electron chi connectivity index (χ2n) is 4.55. The van der Waals surface area contributed by atoms with Crippen molar-refractivity contribution in [3.05, 3.63) is 46.4 Å². The first-order valence-electron chi connectivity index (χ1n) is 6.83. The number of hydrogen-bond donors (Lipinski definition) is 0. The summed E-state index contributed by atoms with van der Waals surface area (Å²) in [5, 5.41) is 0.957. The Morgan fingerprint density at radius 3 is 2.32 bits per heavy atom. The van der Waals surface area contributed by atoms with E-state index in [4.69, 9.17) is 42.1 Å². The number of fused-ring (bicyclic) bond motifs is 1. The molecule has 0 N–H and O–H groups in total. The third-order valence-electron chi connectivity index (χ3n) is 3.03. The number of para-hydroxylation sites is 1. The summed E-state index contributed by atoms with van der Waals surface area (Å²) in [7, 11) is 0. The van der Waals surface area contributed by atoms with Crippen LogP contribution in [0.3, 0.4) is 0 Å². The minimum Gasteiger partial charge on any atom is -0.490 e. The Kier molecular flexibility index (Phi) is 4.80. The molecule has 6 heteroatoms. The minimum absolute atomic E-state index is 0.331. The molecule has 0 spiro atoms. The van der Waals surface area contributed by atoms with Crippen molar-refractivity contribution in [2.45, 2.75) is 0 Å². The van der Waals surface area contributed by atoms with Gasteiger partial charge in [-0.05, 0) is 24.3 Å². The first kappa shape index (κ1) is 15.1. The molecule has 0 fully saturated rings. The van der Waals surface area contributed by atoms with Crippen LogP contribution in [0.2, 0.25) is 10.0 Å². The normalized spacial score (nSPS) is 12.8. The zero-order chi connectivity index (χ0) is 15.4. The quantitative estimate of drug-likeness (QED) is 0.763. The average Bonchev–Trinajstić information content (AvgIpc) is 2.53. The molecule has 0 unspecified atom stereocenters. The Bertz CT molecular complexity index is 640. The fourth-order valence-corrected chi connectivity index (χ4v) is 2.54. The Morgan fingerprint density at radius 1 is 0.864 bits per heavy atom. The van der Waals surface area contributed by atoms with Crippen LogP contribution in [0.25, 0.3) is 0 Å². The molecule has 3 rings (SSSR count). The maximum absolute atomic E-state index is 6.02. The maximum Gasteiger partial charge on any atom is 0.165 e. The van der Waals surface area contributed by atoms with Gasteiger partial charge in [-0.2, -0.15) is 0 Å². The van der Waals surface area contributed by atoms with Gasteiger partial charge in [0.1, 0.15) is 32.2 Å². The van der Waals surface area contributed by atoms with Crippen molar-refractivity contribution < 1.29 is 18.9 Å². The zero-order valence-corrected chi connectivity index (χ0v) is 13.2. The molecule has 116 valence electrons. The van der Waals surface area contributed by atoms with Gasteiger partial charge in [0, 0.05) is 6.07 Å². The van der Waals surface area contributed by atoms with Gasteiger partial charge in [-0.1, -0.05) is 29.3 Å². The fourth-order valence-electron chi connectivity index (χ4n) is 2.04. The van der Waals surface area contributed by atoms with Crippen LogP contribution in [0.4, 0.5) is 0 Å². The van der Waals surface area contributed by atoms with Crippen molar-refractivity contribution >= 4 is 23.2 Å². The van der Waals surface area contributed by atoms with Gasteiger partial charge in [0.05, 0.1) is 10.0 Å². The highest BCUT2D eigenvalue weighted by Gasteiger charge is 2.12. The molecule has 2 aromatic carbocycles. The van der Waals surface area contributed by atoms with Crippen LogP contribution in [0.1, 0.15) is 0 Å². The first-order chi connectivity index (χ1) is 10.7. The lowest BCUT2D eigenvalue weighted by atomic mass is 10.3. The SMILES string of the molecule is Clc1cccc(Cl)c1OCCOc1ccc2c(c1)OCCO2. The summed E-state index contributed by atoms with van der Waals surface area (Å²) in [6.07, 6.45) is 0. The van der Waals surface area contributed by atoms with Crippen molar-refractivity contribution in [2.75, 3.05) is 26.4 Å². The molecule has 0 atom stereocenters. The topological polar surface area (TPSA) is 36.9 Å². The van der Waals surface area contributed by atoms with E-state index in [1.165, 1.54) is 0 Å². The molecule has 0 bridgehead atoms. The van der Waals surface area contributed by atoms with Gasteiger partial charge in [-0.15, -0.1) is 0 Å². The highest BCUT2D eigenvalue weighted by molar-refractivity contribution is 6.37. The van der Waals surface area contributed by atoms with Crippen molar-refractivity contribution in [3.8, 4) is 23.0 Å². The lowest BCUT2D eigenvalue weighted by Gasteiger charge is -2.19. The molecule has 1 aliphatic heterocycles. The van der Waals surface area contributed by atoms with Crippen molar-refractivity contribution in [1.82, 2.24) is 0 Å². The lowest BCUT2D eigenvalue weighted by Crippen LogP contribution is -2.15. The number of benzene rings is 2. The Hall–Kier alpha value is -1.78. The van der Waals surface area contributed by atoms with E-state index in [1.807, 2.05) is 12.1 Å². The molecule has 1 heterocycles. The van der Waals surface area contributed by atoms with Gasteiger partial charge in [-0.3, -0.25) is 0 Å². The molecule has 1 aliphatic rings. The third-order valence-corrected chi connectivity index (χ3v) is 3.63. The van der Waals surface area contributed by atoms with E-state index in [9.17, 15) is 0 Å². The molecular weight excluding hydrogens is 327 g/mol. The number of ether oxygens (including phenoxy) is 4. The van der Waals surface area contributed by atoms with E-state index in [1.54, 1.807) is 24.3 Å². The van der Waals surface area contributed by atoms with E-state index in [-0.39, 0.29) is 0 Å². The summed E-state index contributed by atoms with van der Waals surface area (Å²) in [6.45, 7) is 1.81. The van der Waals surface area contributed by atoms with Crippen LogP contribution in [0, 0.1) is 0 Å². The number of hydrogen-bond acceptors (Lipinski definition) is 4. The second kappa shape index (κ2) is 6.99. The Labute approximate surface area is 138 Å². The van der Waals surface area contributed by atoms with Gasteiger partial charge in [0.15, 0.2) is 17.2 Å². The van der Waals surface area contributed by atoms with Gasteiger partial charge >= 0.3 is 0 Å². The van der Waals surface area contributed by atoms with Crippen LogP contribution >= 0.6 is 23.2 Å². The Balaban J connectivity index is 1.53. The highest BCUT2D eigenvalue weighted by Crippen LogP contribution is 2.34. The van der Waals surface area contributed by atoms with Crippen LogP contribution in [0.5, 0.6) is 23.0 Å². The molecule has 0 radical (unpaired) electrons. The van der Waals surface area contributed by atoms with E-state index >= 15 is 0 Å². The minimum atomic E-state index is 0.331. The van der Waals surface area contributed by atoms with E-state index in [0.29, 0.717) is 53.7 Å². The number of halogens is 2. The smallest absolute Gasteiger partial charge is 0.165 e. The van der Waals surface area contributed by atoms with Crippen LogP contribution < -0.4 is 18.9 Å². The summed E-state index contributed by atoms with van der Waals surface area (Å²) >= 11 is 12.0. The molecule has 0 amide bonds. The highest BCUT2D eigenvalue weighted by atomic mass is 35.5. The standard InChI is InChI=1S/C16H14Cl2O4/c17-12-2-1-3-13(18)16(12)22-9-6-19-11-4-5-14-15(10-11)21-8-7-20-14/h1-5,10H,6-9H2. The third kappa shape index (κ3) is 3.51. The summed E-state index contributed by atoms with van der Waals surface area (Å²) in [4.78, 5) is 0. The molecule has 0 aromatic heterocycles. The largest absolute Gasteiger partial charge is 0.490 e. The van der Waals surface area contributed by atoms with Crippen molar-refractivity contribution in [1.29, 1.82) is 0 Å². The van der Waals surface area contributed by atoms with E-state index in [0.717, 1.165) is 5.75 Å². The lowest BCUT2D eigenvalue weighted by molar-refractivity contribution is 0.169. The fraction of sp³-hybridized carbons (Fsp3) is 0.250. The summed E-state index contributed by atoms with van der Waals surface area (Å²) in [5.41, 5.74) is 0. The predicted octanol–water partition coefficient (Wildman–Crippen LogP) is 4.22. The maximum atomic E-state index is 6.02. The van der Waals surface area contributed by atoms with Crippen LogP contribution in [-0.2, 0) is 0 Å². The molecule has 2 aromatic rings. The molecule has 0 aliphatic carbocycles. The molecule has 4 nitrogen and oxygen atoms in total. The summed E-state index contributed by atoms with van der Waals surface area (Å²) < 4.78 is 22.1. The van der Waals surface area contributed by atoms with E-state index < -0.39 is 0 Å². The first-order valence-corrected chi connectivity index (χ1v) is 7.59. The van der Waals surface area contributed by atoms with Crippen LogP contribution in [0.15, 0.2) is 36.4 Å². The van der Waals surface area contributed by atoms with E-state index in [2.05, 4.69) is 0 Å². The molecular formula is C16H14Cl2O4.